The molecule has 4 nitrogen and oxygen atoms in total. The first kappa shape index (κ1) is 18.8. The highest BCUT2D eigenvalue weighted by atomic mass is 17.1. The molecule has 2 rings (SSSR count). The van der Waals surface area contributed by atoms with Gasteiger partial charge in [-0.05, 0) is 37.5 Å². The van der Waals surface area contributed by atoms with Gasteiger partial charge in [-0.3, -0.25) is 5.26 Å². The van der Waals surface area contributed by atoms with Gasteiger partial charge in [-0.25, -0.2) is 4.89 Å². The normalized spacial score (nSPS) is 10.9. The predicted molar refractivity (Wildman–Crippen MR) is 101 cm³/mol. The molecule has 0 aliphatic heterocycles. The molecule has 2 aromatic rings. The lowest BCUT2D eigenvalue weighted by molar-refractivity contribution is -0.253. The lowest BCUT2D eigenvalue weighted by atomic mass is 9.98. The van der Waals surface area contributed by atoms with Crippen LogP contribution in [0, 0.1) is 0 Å². The van der Waals surface area contributed by atoms with Gasteiger partial charge in [0.05, 0.1) is 7.11 Å². The molecule has 2 aromatic carbocycles. The molecule has 0 aromatic heterocycles. The summed E-state index contributed by atoms with van der Waals surface area (Å²) in [5, 5.41) is 19.6. The zero-order valence-corrected chi connectivity index (χ0v) is 14.8. The highest BCUT2D eigenvalue weighted by Gasteiger charge is 2.17. The van der Waals surface area contributed by atoms with Crippen molar-refractivity contribution >= 4 is 12.2 Å². The quantitative estimate of drug-likeness (QED) is 0.320. The molecule has 0 aliphatic carbocycles. The maximum absolute atomic E-state index is 10.7. The number of methoxy groups -OCH3 is 1. The number of aromatic hydroxyl groups is 1. The van der Waals surface area contributed by atoms with Gasteiger partial charge in [0.2, 0.25) is 0 Å². The van der Waals surface area contributed by atoms with Crippen molar-refractivity contribution in [2.75, 3.05) is 7.11 Å². The summed E-state index contributed by atoms with van der Waals surface area (Å²) in [7, 11) is 1.58. The second-order valence-corrected chi connectivity index (χ2v) is 5.98. The third-order valence-electron chi connectivity index (χ3n) is 3.90. The summed E-state index contributed by atoms with van der Waals surface area (Å²) < 4.78 is 5.46. The van der Waals surface area contributed by atoms with Crippen molar-refractivity contribution in [3.8, 4) is 11.5 Å². The predicted octanol–water partition coefficient (Wildman–Crippen LogP) is 5.07. The fourth-order valence-electron chi connectivity index (χ4n) is 2.55. The first-order valence-corrected chi connectivity index (χ1v) is 8.11. The Labute approximate surface area is 148 Å². The molecule has 132 valence electrons. The Hall–Kier alpha value is -2.56. The van der Waals surface area contributed by atoms with Gasteiger partial charge < -0.3 is 9.84 Å². The SMILES string of the molecule is COc1cc(/C=C/c2ccccc2)c(COO)c(O)c1CC=C(C)C. The van der Waals surface area contributed by atoms with E-state index in [2.05, 4.69) is 4.89 Å². The second kappa shape index (κ2) is 9.06. The highest BCUT2D eigenvalue weighted by Crippen LogP contribution is 2.36. The summed E-state index contributed by atoms with van der Waals surface area (Å²) >= 11 is 0. The third kappa shape index (κ3) is 4.95. The molecule has 2 N–H and O–H groups in total. The number of ether oxygens (including phenoxy) is 1. The van der Waals surface area contributed by atoms with Crippen molar-refractivity contribution < 1.29 is 20.0 Å². The van der Waals surface area contributed by atoms with Crippen LogP contribution < -0.4 is 4.74 Å². The Kier molecular flexibility index (Phi) is 6.81. The van der Waals surface area contributed by atoms with E-state index in [4.69, 9.17) is 9.99 Å². The van der Waals surface area contributed by atoms with E-state index >= 15 is 0 Å². The Morgan fingerprint density at radius 3 is 2.40 bits per heavy atom. The van der Waals surface area contributed by atoms with Gasteiger partial charge in [0.1, 0.15) is 18.1 Å². The van der Waals surface area contributed by atoms with E-state index in [-0.39, 0.29) is 12.4 Å². The molecule has 0 saturated heterocycles. The first-order chi connectivity index (χ1) is 12.1. The molecule has 0 saturated carbocycles. The van der Waals surface area contributed by atoms with Crippen LogP contribution in [0.4, 0.5) is 0 Å². The van der Waals surface area contributed by atoms with E-state index in [0.717, 1.165) is 16.7 Å². The smallest absolute Gasteiger partial charge is 0.129 e. The maximum atomic E-state index is 10.7. The Bertz CT molecular complexity index is 757. The number of hydrogen-bond donors (Lipinski definition) is 2. The van der Waals surface area contributed by atoms with Gasteiger partial charge >= 0.3 is 0 Å². The largest absolute Gasteiger partial charge is 0.507 e. The molecular weight excluding hydrogens is 316 g/mol. The molecule has 0 spiro atoms. The van der Waals surface area contributed by atoms with E-state index in [1.807, 2.05) is 68.5 Å². The standard InChI is InChI=1S/C21H24O4/c1-15(2)9-12-18-20(24-3)13-17(19(14-25-23)21(18)22)11-10-16-7-5-4-6-8-16/h4-11,13,22-23H,12,14H2,1-3H3/b11-10+. The van der Waals surface area contributed by atoms with Gasteiger partial charge in [-0.15, -0.1) is 0 Å². The average Bonchev–Trinajstić information content (AvgIpc) is 2.61. The Balaban J connectivity index is 2.50. The molecule has 4 heteroatoms. The number of rotatable bonds is 7. The van der Waals surface area contributed by atoms with Gasteiger partial charge in [0.25, 0.3) is 0 Å². The maximum Gasteiger partial charge on any atom is 0.129 e. The molecule has 25 heavy (non-hydrogen) atoms. The van der Waals surface area contributed by atoms with Crippen LogP contribution in [0.25, 0.3) is 12.2 Å². The van der Waals surface area contributed by atoms with Gasteiger partial charge in [0.15, 0.2) is 0 Å². The minimum atomic E-state index is -0.105. The summed E-state index contributed by atoms with van der Waals surface area (Å²) in [4.78, 5) is 4.31. The van der Waals surface area contributed by atoms with Crippen molar-refractivity contribution in [1.29, 1.82) is 0 Å². The summed E-state index contributed by atoms with van der Waals surface area (Å²) in [6, 6.07) is 11.7. The molecule has 0 aliphatic rings. The van der Waals surface area contributed by atoms with Crippen LogP contribution in [0.1, 0.15) is 36.1 Å². The fraction of sp³-hybridized carbons (Fsp3) is 0.238. The van der Waals surface area contributed by atoms with Crippen LogP contribution in [0.2, 0.25) is 0 Å². The van der Waals surface area contributed by atoms with Crippen molar-refractivity contribution in [2.24, 2.45) is 0 Å². The van der Waals surface area contributed by atoms with Crippen molar-refractivity contribution in [1.82, 2.24) is 0 Å². The molecule has 0 unspecified atom stereocenters. The lowest BCUT2D eigenvalue weighted by Gasteiger charge is -2.16. The molecule has 0 fully saturated rings. The summed E-state index contributed by atoms with van der Waals surface area (Å²) in [6.07, 6.45) is 6.36. The Morgan fingerprint density at radius 2 is 1.80 bits per heavy atom. The zero-order valence-electron chi connectivity index (χ0n) is 14.8. The minimum Gasteiger partial charge on any atom is -0.507 e. The van der Waals surface area contributed by atoms with Gasteiger partial charge in [-0.2, -0.15) is 0 Å². The van der Waals surface area contributed by atoms with Crippen LogP contribution in [-0.2, 0) is 17.9 Å². The number of allylic oxidation sites excluding steroid dienone is 2. The number of phenolic OH excluding ortho intramolecular Hbond substituents is 1. The van der Waals surface area contributed by atoms with E-state index < -0.39 is 0 Å². The summed E-state index contributed by atoms with van der Waals surface area (Å²) in [6.45, 7) is 3.89. The molecule has 0 radical (unpaired) electrons. The first-order valence-electron chi connectivity index (χ1n) is 8.11. The summed E-state index contributed by atoms with van der Waals surface area (Å²) in [5.41, 5.74) is 4.10. The Morgan fingerprint density at radius 1 is 1.08 bits per heavy atom. The van der Waals surface area contributed by atoms with Gasteiger partial charge in [0, 0.05) is 11.1 Å². The van der Waals surface area contributed by atoms with Crippen LogP contribution in [0.3, 0.4) is 0 Å². The number of phenols is 1. The van der Waals surface area contributed by atoms with Crippen molar-refractivity contribution in [2.45, 2.75) is 26.9 Å². The van der Waals surface area contributed by atoms with Crippen LogP contribution in [-0.4, -0.2) is 17.5 Å². The van der Waals surface area contributed by atoms with Crippen LogP contribution >= 0.6 is 0 Å². The van der Waals surface area contributed by atoms with E-state index in [1.165, 1.54) is 0 Å². The second-order valence-electron chi connectivity index (χ2n) is 5.98. The monoisotopic (exact) mass is 340 g/mol. The fourth-order valence-corrected chi connectivity index (χ4v) is 2.55. The molecule has 0 amide bonds. The van der Waals surface area contributed by atoms with E-state index in [1.54, 1.807) is 7.11 Å². The topological polar surface area (TPSA) is 58.9 Å². The highest BCUT2D eigenvalue weighted by molar-refractivity contribution is 5.74. The molecule has 0 atom stereocenters. The molecule has 0 bridgehead atoms. The van der Waals surface area contributed by atoms with Crippen LogP contribution in [0.5, 0.6) is 11.5 Å². The van der Waals surface area contributed by atoms with Crippen molar-refractivity contribution in [3.63, 3.8) is 0 Å². The third-order valence-corrected chi connectivity index (χ3v) is 3.90. The van der Waals surface area contributed by atoms with Gasteiger partial charge in [-0.1, -0.05) is 54.1 Å². The summed E-state index contributed by atoms with van der Waals surface area (Å²) in [5.74, 6) is 0.683. The van der Waals surface area contributed by atoms with Crippen molar-refractivity contribution in [3.05, 3.63) is 70.3 Å². The van der Waals surface area contributed by atoms with Crippen LogP contribution in [0.15, 0.2) is 48.0 Å². The van der Waals surface area contributed by atoms with E-state index in [0.29, 0.717) is 23.3 Å². The lowest BCUT2D eigenvalue weighted by Crippen LogP contribution is -2.00. The molecule has 0 heterocycles. The number of hydrogen-bond acceptors (Lipinski definition) is 4. The number of benzene rings is 2. The van der Waals surface area contributed by atoms with E-state index in [9.17, 15) is 5.11 Å². The minimum absolute atomic E-state index is 0.0820. The zero-order chi connectivity index (χ0) is 18.2. The molecular formula is C21H24O4. The average molecular weight is 340 g/mol.